The quantitative estimate of drug-likeness (QED) is 0.595. The van der Waals surface area contributed by atoms with Crippen molar-refractivity contribution in [2.24, 2.45) is 13.0 Å². The topological polar surface area (TPSA) is 43.2 Å². The number of likely N-dealkylation sites (tertiary alicyclic amines) is 1. The number of rotatable bonds is 6. The van der Waals surface area contributed by atoms with E-state index in [1.165, 1.54) is 32.4 Å². The number of hydrogen-bond donors (Lipinski definition) is 0. The van der Waals surface area contributed by atoms with Crippen LogP contribution in [-0.4, -0.2) is 46.2 Å². The number of fused-ring (bicyclic) bond motifs is 1. The average Bonchev–Trinajstić information content (AvgIpc) is 3.03. The summed E-state index contributed by atoms with van der Waals surface area (Å²) in [4.78, 5) is 11.7. The van der Waals surface area contributed by atoms with Crippen molar-refractivity contribution in [3.05, 3.63) is 42.1 Å². The smallest absolute Gasteiger partial charge is 0.213 e. The molecule has 0 bridgehead atoms. The Bertz CT molecular complexity index is 941. The first kappa shape index (κ1) is 18.9. The van der Waals surface area contributed by atoms with Crippen LogP contribution in [0.1, 0.15) is 31.2 Å². The number of aryl methyl sites for hydroxylation is 2. The van der Waals surface area contributed by atoms with E-state index >= 15 is 0 Å². The summed E-state index contributed by atoms with van der Waals surface area (Å²) in [5.41, 5.74) is 4.33. The third kappa shape index (κ3) is 4.04. The van der Waals surface area contributed by atoms with Crippen molar-refractivity contribution in [2.75, 3.05) is 26.7 Å². The van der Waals surface area contributed by atoms with Gasteiger partial charge in [0.25, 0.3) is 0 Å². The van der Waals surface area contributed by atoms with Gasteiger partial charge in [-0.15, -0.1) is 0 Å². The molecule has 0 amide bonds. The maximum absolute atomic E-state index is 5.93. The van der Waals surface area contributed by atoms with Crippen LogP contribution in [0.3, 0.4) is 0 Å². The summed E-state index contributed by atoms with van der Waals surface area (Å²) in [5.74, 6) is 2.51. The Balaban J connectivity index is 1.37. The Hall–Kier alpha value is -2.40. The van der Waals surface area contributed by atoms with Crippen LogP contribution in [-0.2, 0) is 7.05 Å². The average molecular weight is 379 g/mol. The van der Waals surface area contributed by atoms with Crippen molar-refractivity contribution in [3.8, 4) is 17.3 Å². The molecule has 5 nitrogen and oxygen atoms in total. The van der Waals surface area contributed by atoms with Crippen molar-refractivity contribution in [2.45, 2.75) is 32.6 Å². The highest BCUT2D eigenvalue weighted by Gasteiger charge is 2.16. The lowest BCUT2D eigenvalue weighted by Gasteiger charge is -2.28. The molecule has 1 saturated heterocycles. The standard InChI is InChI=1S/C23H30N4O/c1-17-15-22(28-14-6-7-18-10-12-26(2)13-11-18)24-16-19(17)23-25-20-8-4-5-9-21(20)27(23)3/h4-5,8-9,15-16,18H,6-7,10-14H2,1-3H3. The molecule has 28 heavy (non-hydrogen) atoms. The minimum atomic E-state index is 0.711. The predicted molar refractivity (Wildman–Crippen MR) is 114 cm³/mol. The number of pyridine rings is 1. The molecule has 0 radical (unpaired) electrons. The maximum Gasteiger partial charge on any atom is 0.213 e. The number of imidazole rings is 1. The number of hydrogen-bond acceptors (Lipinski definition) is 4. The highest BCUT2D eigenvalue weighted by molar-refractivity contribution is 5.80. The fourth-order valence-electron chi connectivity index (χ4n) is 4.13. The first-order valence-corrected chi connectivity index (χ1v) is 10.3. The SMILES string of the molecule is Cc1cc(OCCCC2CCN(C)CC2)ncc1-c1nc2ccccc2n1C. The fourth-order valence-corrected chi connectivity index (χ4v) is 4.13. The maximum atomic E-state index is 5.93. The van der Waals surface area contributed by atoms with Crippen LogP contribution in [0, 0.1) is 12.8 Å². The second-order valence-corrected chi connectivity index (χ2v) is 8.06. The van der Waals surface area contributed by atoms with E-state index in [9.17, 15) is 0 Å². The van der Waals surface area contributed by atoms with Gasteiger partial charge in [-0.05, 0) is 76.4 Å². The zero-order valence-electron chi connectivity index (χ0n) is 17.2. The van der Waals surface area contributed by atoms with Gasteiger partial charge in [-0.1, -0.05) is 12.1 Å². The Morgan fingerprint density at radius 3 is 2.68 bits per heavy atom. The van der Waals surface area contributed by atoms with Gasteiger partial charge in [0.1, 0.15) is 5.82 Å². The molecule has 3 aromatic rings. The van der Waals surface area contributed by atoms with Crippen LogP contribution in [0.5, 0.6) is 5.88 Å². The predicted octanol–water partition coefficient (Wildman–Crippen LogP) is 4.44. The molecular formula is C23H30N4O. The van der Waals surface area contributed by atoms with Crippen molar-refractivity contribution in [1.29, 1.82) is 0 Å². The van der Waals surface area contributed by atoms with Crippen LogP contribution in [0.15, 0.2) is 36.5 Å². The Kier molecular flexibility index (Phi) is 5.62. The van der Waals surface area contributed by atoms with Gasteiger partial charge < -0.3 is 14.2 Å². The molecule has 0 aliphatic carbocycles. The third-order valence-corrected chi connectivity index (χ3v) is 5.96. The molecule has 1 aromatic carbocycles. The van der Waals surface area contributed by atoms with E-state index in [4.69, 9.17) is 9.72 Å². The van der Waals surface area contributed by atoms with E-state index < -0.39 is 0 Å². The van der Waals surface area contributed by atoms with Crippen LogP contribution >= 0.6 is 0 Å². The highest BCUT2D eigenvalue weighted by Crippen LogP contribution is 2.27. The van der Waals surface area contributed by atoms with E-state index in [-0.39, 0.29) is 0 Å². The molecule has 4 rings (SSSR count). The fraction of sp³-hybridized carbons (Fsp3) is 0.478. The summed E-state index contributed by atoms with van der Waals surface area (Å²) in [6.45, 7) is 5.30. The van der Waals surface area contributed by atoms with E-state index in [0.29, 0.717) is 5.88 Å². The van der Waals surface area contributed by atoms with Crippen LogP contribution in [0.25, 0.3) is 22.4 Å². The molecule has 1 aliphatic heterocycles. The summed E-state index contributed by atoms with van der Waals surface area (Å²) in [6.07, 6.45) is 6.89. The molecule has 3 heterocycles. The molecule has 0 unspecified atom stereocenters. The number of nitrogens with zero attached hydrogens (tertiary/aromatic N) is 4. The Labute approximate surface area is 167 Å². The van der Waals surface area contributed by atoms with Gasteiger partial charge in [0, 0.05) is 24.9 Å². The number of piperidine rings is 1. The van der Waals surface area contributed by atoms with E-state index in [1.807, 2.05) is 30.5 Å². The first-order chi connectivity index (χ1) is 13.6. The lowest BCUT2D eigenvalue weighted by Crippen LogP contribution is -2.30. The summed E-state index contributed by atoms with van der Waals surface area (Å²) in [7, 11) is 4.27. The number of benzene rings is 1. The zero-order chi connectivity index (χ0) is 19.5. The van der Waals surface area contributed by atoms with E-state index in [2.05, 4.69) is 41.5 Å². The van der Waals surface area contributed by atoms with Gasteiger partial charge in [0.05, 0.1) is 17.6 Å². The lowest BCUT2D eigenvalue weighted by atomic mass is 9.93. The molecule has 0 spiro atoms. The number of ether oxygens (including phenoxy) is 1. The second kappa shape index (κ2) is 8.31. The summed E-state index contributed by atoms with van der Waals surface area (Å²) in [6, 6.07) is 10.2. The molecule has 5 heteroatoms. The van der Waals surface area contributed by atoms with Crippen LogP contribution < -0.4 is 4.74 Å². The molecule has 0 N–H and O–H groups in total. The van der Waals surface area contributed by atoms with Gasteiger partial charge in [-0.3, -0.25) is 0 Å². The summed E-state index contributed by atoms with van der Waals surface area (Å²) >= 11 is 0. The summed E-state index contributed by atoms with van der Waals surface area (Å²) in [5, 5.41) is 0. The molecule has 0 saturated carbocycles. The molecule has 2 aromatic heterocycles. The Morgan fingerprint density at radius 1 is 1.14 bits per heavy atom. The number of aromatic nitrogens is 3. The van der Waals surface area contributed by atoms with Crippen LogP contribution in [0.4, 0.5) is 0 Å². The molecule has 0 atom stereocenters. The van der Waals surface area contributed by atoms with Crippen molar-refractivity contribution in [1.82, 2.24) is 19.4 Å². The first-order valence-electron chi connectivity index (χ1n) is 10.3. The normalized spacial score (nSPS) is 16.0. The molecular weight excluding hydrogens is 348 g/mol. The minimum absolute atomic E-state index is 0.711. The lowest BCUT2D eigenvalue weighted by molar-refractivity contribution is 0.199. The van der Waals surface area contributed by atoms with Crippen molar-refractivity contribution >= 4 is 11.0 Å². The largest absolute Gasteiger partial charge is 0.478 e. The zero-order valence-corrected chi connectivity index (χ0v) is 17.2. The van der Waals surface area contributed by atoms with Crippen molar-refractivity contribution in [3.63, 3.8) is 0 Å². The van der Waals surface area contributed by atoms with Crippen molar-refractivity contribution < 1.29 is 4.74 Å². The summed E-state index contributed by atoms with van der Waals surface area (Å²) < 4.78 is 8.06. The minimum Gasteiger partial charge on any atom is -0.478 e. The van der Waals surface area contributed by atoms with Crippen LogP contribution in [0.2, 0.25) is 0 Å². The third-order valence-electron chi connectivity index (χ3n) is 5.96. The highest BCUT2D eigenvalue weighted by atomic mass is 16.5. The van der Waals surface area contributed by atoms with Gasteiger partial charge in [0.15, 0.2) is 0 Å². The monoisotopic (exact) mass is 378 g/mol. The number of para-hydroxylation sites is 2. The molecule has 1 fully saturated rings. The van der Waals surface area contributed by atoms with Gasteiger partial charge in [-0.2, -0.15) is 0 Å². The molecule has 148 valence electrons. The van der Waals surface area contributed by atoms with Gasteiger partial charge >= 0.3 is 0 Å². The Morgan fingerprint density at radius 2 is 1.93 bits per heavy atom. The van der Waals surface area contributed by atoms with E-state index in [0.717, 1.165) is 46.9 Å². The molecule has 1 aliphatic rings. The van der Waals surface area contributed by atoms with E-state index in [1.54, 1.807) is 0 Å². The van der Waals surface area contributed by atoms with Gasteiger partial charge in [-0.25, -0.2) is 9.97 Å². The second-order valence-electron chi connectivity index (χ2n) is 8.06. The van der Waals surface area contributed by atoms with Gasteiger partial charge in [0.2, 0.25) is 5.88 Å².